The summed E-state index contributed by atoms with van der Waals surface area (Å²) in [5.41, 5.74) is -0.439. The van der Waals surface area contributed by atoms with Gasteiger partial charge in [0, 0.05) is 26.2 Å². The van der Waals surface area contributed by atoms with Gasteiger partial charge in [0.05, 0.1) is 30.1 Å². The Morgan fingerprint density at radius 1 is 0.681 bits per heavy atom. The molecule has 1 heterocycles. The Hall–Kier alpha value is -1.18. The normalized spacial score (nSPS) is 46.9. The Kier molecular flexibility index (Phi) is 7.96. The summed E-state index contributed by atoms with van der Waals surface area (Å²) in [6.45, 7) is 18.0. The zero-order valence-electron chi connectivity index (χ0n) is 30.7. The van der Waals surface area contributed by atoms with E-state index in [0.29, 0.717) is 67.1 Å². The molecule has 47 heavy (non-hydrogen) atoms. The molecule has 3 N–H and O–H groups in total. The number of aliphatic hydroxyl groups is 3. The van der Waals surface area contributed by atoms with Gasteiger partial charge in [-0.1, -0.05) is 41.5 Å². The van der Waals surface area contributed by atoms with Crippen molar-refractivity contribution < 1.29 is 24.9 Å². The van der Waals surface area contributed by atoms with Crippen LogP contribution in [-0.4, -0.2) is 82.4 Å². The van der Waals surface area contributed by atoms with Crippen molar-refractivity contribution in [2.75, 3.05) is 39.4 Å². The van der Waals surface area contributed by atoms with Gasteiger partial charge in [0.15, 0.2) is 0 Å². The zero-order valence-corrected chi connectivity index (χ0v) is 30.7. The number of aliphatic hydroxyl groups excluding tert-OH is 3. The van der Waals surface area contributed by atoms with E-state index in [9.17, 15) is 20.1 Å². The average Bonchev–Trinajstić information content (AvgIpc) is 3.67. The van der Waals surface area contributed by atoms with Crippen LogP contribution < -0.4 is 0 Å². The van der Waals surface area contributed by atoms with E-state index in [-0.39, 0.29) is 52.3 Å². The molecule has 0 aromatic rings. The van der Waals surface area contributed by atoms with Crippen LogP contribution in [0.2, 0.25) is 0 Å². The fraction of sp³-hybridized carbons (Fsp3) is 0.950. The van der Waals surface area contributed by atoms with Crippen molar-refractivity contribution >= 4 is 11.8 Å². The number of nitrogens with zero attached hydrogens (tertiary/aromatic N) is 2. The van der Waals surface area contributed by atoms with Crippen molar-refractivity contribution in [2.24, 2.45) is 67.5 Å². The van der Waals surface area contributed by atoms with Crippen molar-refractivity contribution in [1.29, 1.82) is 0 Å². The van der Waals surface area contributed by atoms with Crippen molar-refractivity contribution in [3.05, 3.63) is 0 Å². The first kappa shape index (κ1) is 34.3. The molecule has 1 unspecified atom stereocenters. The molecule has 7 rings (SSSR count). The Balaban J connectivity index is 1.17. The number of carbonyl (C=O) groups excluding carboxylic acids is 2. The maximum atomic E-state index is 15.0. The Morgan fingerprint density at radius 3 is 1.94 bits per heavy atom. The van der Waals surface area contributed by atoms with E-state index >= 15 is 4.79 Å². The van der Waals surface area contributed by atoms with Gasteiger partial charge in [-0.2, -0.15) is 0 Å². The molecule has 7 aliphatic rings. The summed E-state index contributed by atoms with van der Waals surface area (Å²) >= 11 is 0. The van der Waals surface area contributed by atoms with E-state index in [1.54, 1.807) is 11.8 Å². The first-order chi connectivity index (χ1) is 22.0. The topological polar surface area (TPSA) is 101 Å². The van der Waals surface area contributed by atoms with Gasteiger partial charge in [-0.05, 0) is 141 Å². The third kappa shape index (κ3) is 4.52. The smallest absolute Gasteiger partial charge is 0.233 e. The highest BCUT2D eigenvalue weighted by atomic mass is 16.3. The fourth-order valence-electron chi connectivity index (χ4n) is 14.3. The summed E-state index contributed by atoms with van der Waals surface area (Å²) in [5, 5.41) is 30.8. The molecule has 1 saturated heterocycles. The molecule has 0 spiro atoms. The van der Waals surface area contributed by atoms with E-state index in [4.69, 9.17) is 0 Å². The molecule has 6 aliphatic carbocycles. The molecule has 7 nitrogen and oxygen atoms in total. The standard InChI is InChI=1S/C40H66N2O5/c1-34(2)28-11-14-39(7)29(37(28,5)13-12-30(34)45)9-8-27-31-26(35(3)16-17-35)10-15-40(31,19-18-38(27,39)6)33(47)42-22-20-41(21-23-42)32(46)36(4,24-43)25-44/h26-31,43-45H,8-25H2,1-7H3/t26-,27-,28+,29?,30+,31-,37+,38-,39-,40+/m1/s1. The maximum absolute atomic E-state index is 15.0. The van der Waals surface area contributed by atoms with Gasteiger partial charge in [-0.3, -0.25) is 9.59 Å². The van der Waals surface area contributed by atoms with Crippen LogP contribution >= 0.6 is 0 Å². The number of fused-ring (bicyclic) bond motifs is 7. The number of piperazine rings is 1. The zero-order chi connectivity index (χ0) is 34.0. The molecule has 7 fully saturated rings. The minimum Gasteiger partial charge on any atom is -0.395 e. The van der Waals surface area contributed by atoms with Crippen LogP contribution in [0.3, 0.4) is 0 Å². The van der Waals surface area contributed by atoms with E-state index < -0.39 is 5.41 Å². The van der Waals surface area contributed by atoms with E-state index in [1.165, 1.54) is 44.9 Å². The summed E-state index contributed by atoms with van der Waals surface area (Å²) in [4.78, 5) is 32.1. The van der Waals surface area contributed by atoms with Gasteiger partial charge < -0.3 is 25.1 Å². The fourth-order valence-corrected chi connectivity index (χ4v) is 14.3. The molecule has 2 amide bonds. The molecule has 1 aliphatic heterocycles. The lowest BCUT2D eigenvalue weighted by molar-refractivity contribution is -0.249. The third-order valence-electron chi connectivity index (χ3n) is 17.8. The highest BCUT2D eigenvalue weighted by Crippen LogP contribution is 2.79. The van der Waals surface area contributed by atoms with E-state index in [0.717, 1.165) is 32.1 Å². The van der Waals surface area contributed by atoms with Gasteiger partial charge >= 0.3 is 0 Å². The quantitative estimate of drug-likeness (QED) is 0.343. The Morgan fingerprint density at radius 2 is 1.32 bits per heavy atom. The molecule has 7 heteroatoms. The summed E-state index contributed by atoms with van der Waals surface area (Å²) in [7, 11) is 0. The van der Waals surface area contributed by atoms with Crippen molar-refractivity contribution in [1.82, 2.24) is 9.80 Å². The largest absolute Gasteiger partial charge is 0.395 e. The molecule has 0 bridgehead atoms. The molecule has 0 radical (unpaired) electrons. The van der Waals surface area contributed by atoms with Crippen molar-refractivity contribution in [2.45, 2.75) is 132 Å². The molecule has 266 valence electrons. The number of amides is 2. The van der Waals surface area contributed by atoms with Crippen LogP contribution in [0.4, 0.5) is 0 Å². The number of carbonyl (C=O) groups is 2. The summed E-state index contributed by atoms with van der Waals surface area (Å²) < 4.78 is 0. The number of rotatable bonds is 5. The van der Waals surface area contributed by atoms with Gasteiger partial charge in [-0.25, -0.2) is 0 Å². The highest BCUT2D eigenvalue weighted by molar-refractivity contribution is 5.85. The van der Waals surface area contributed by atoms with E-state index in [1.807, 2.05) is 0 Å². The van der Waals surface area contributed by atoms with Crippen LogP contribution in [0.15, 0.2) is 0 Å². The van der Waals surface area contributed by atoms with Crippen LogP contribution in [-0.2, 0) is 9.59 Å². The second kappa shape index (κ2) is 10.9. The Labute approximate surface area is 284 Å². The second-order valence-electron chi connectivity index (χ2n) is 20.0. The van der Waals surface area contributed by atoms with Gasteiger partial charge in [0.2, 0.25) is 11.8 Å². The maximum Gasteiger partial charge on any atom is 0.233 e. The lowest BCUT2D eigenvalue weighted by atomic mass is 9.32. The average molecular weight is 655 g/mol. The first-order valence-corrected chi connectivity index (χ1v) is 19.5. The molecule has 0 aromatic heterocycles. The number of hydrogen-bond donors (Lipinski definition) is 3. The predicted octanol–water partition coefficient (Wildman–Crippen LogP) is 5.89. The highest BCUT2D eigenvalue weighted by Gasteiger charge is 2.73. The second-order valence-corrected chi connectivity index (χ2v) is 20.0. The lowest BCUT2D eigenvalue weighted by Crippen LogP contribution is -2.68. The summed E-state index contributed by atoms with van der Waals surface area (Å²) in [6, 6.07) is 0. The predicted molar refractivity (Wildman–Crippen MR) is 183 cm³/mol. The number of hydrogen-bond acceptors (Lipinski definition) is 5. The summed E-state index contributed by atoms with van der Waals surface area (Å²) in [6.07, 6.45) is 13.7. The SMILES string of the molecule is CC(CO)(CO)C(=O)N1CCN(C(=O)[C@]23CC[C@@H](C4(C)CC4)[C@@H]2[C@H]2CCC4[C@@]5(C)CC[C@H](O)C(C)(C)[C@@H]5CC[C@@]4(C)[C@]2(C)CC3)CC1. The van der Waals surface area contributed by atoms with Gasteiger partial charge in [0.25, 0.3) is 0 Å². The Bertz CT molecular complexity index is 1270. The van der Waals surface area contributed by atoms with Crippen LogP contribution in [0.5, 0.6) is 0 Å². The third-order valence-corrected chi connectivity index (χ3v) is 17.8. The molecule has 0 aromatic carbocycles. The summed E-state index contributed by atoms with van der Waals surface area (Å²) in [5.74, 6) is 2.98. The van der Waals surface area contributed by atoms with E-state index in [2.05, 4.69) is 46.4 Å². The van der Waals surface area contributed by atoms with Crippen molar-refractivity contribution in [3.63, 3.8) is 0 Å². The molecular weight excluding hydrogens is 588 g/mol. The lowest BCUT2D eigenvalue weighted by Gasteiger charge is -2.73. The van der Waals surface area contributed by atoms with Crippen LogP contribution in [0.1, 0.15) is 126 Å². The molecular formula is C40H66N2O5. The minimum atomic E-state index is -1.18. The van der Waals surface area contributed by atoms with Crippen molar-refractivity contribution in [3.8, 4) is 0 Å². The van der Waals surface area contributed by atoms with Gasteiger partial charge in [-0.15, -0.1) is 0 Å². The van der Waals surface area contributed by atoms with Crippen LogP contribution in [0.25, 0.3) is 0 Å². The monoisotopic (exact) mass is 654 g/mol. The van der Waals surface area contributed by atoms with Crippen LogP contribution in [0, 0.1) is 67.5 Å². The molecule has 10 atom stereocenters. The first-order valence-electron chi connectivity index (χ1n) is 19.5. The molecule has 6 saturated carbocycles. The minimum absolute atomic E-state index is 0.0409. The van der Waals surface area contributed by atoms with Gasteiger partial charge in [0.1, 0.15) is 0 Å².